The standard InChI is InChI=1S/C20H24N4O3/c1-2-23-12-15(10-21-23)20(26)22-9-8-18-16(11-22)13-24(19(25)14-27-18)17-6-4-3-5-7-17/h3-7,10,12,16,18H,2,8-9,11,13-14H2,1H3/t16-,18+/m1/s1. The van der Waals surface area contributed by atoms with Crippen molar-refractivity contribution in [2.24, 2.45) is 5.92 Å². The lowest BCUT2D eigenvalue weighted by Gasteiger charge is -2.38. The number of hydrogen-bond acceptors (Lipinski definition) is 4. The first-order valence-corrected chi connectivity index (χ1v) is 9.44. The van der Waals surface area contributed by atoms with Crippen LogP contribution in [0.3, 0.4) is 0 Å². The number of rotatable bonds is 3. The molecule has 7 nitrogen and oxygen atoms in total. The minimum atomic E-state index is -0.0299. The molecule has 0 N–H and O–H groups in total. The van der Waals surface area contributed by atoms with Crippen LogP contribution in [0.4, 0.5) is 5.69 Å². The Bertz CT molecular complexity index is 820. The van der Waals surface area contributed by atoms with E-state index in [0.717, 1.165) is 18.7 Å². The molecule has 142 valence electrons. The van der Waals surface area contributed by atoms with E-state index in [-0.39, 0.29) is 30.4 Å². The summed E-state index contributed by atoms with van der Waals surface area (Å²) >= 11 is 0. The van der Waals surface area contributed by atoms with E-state index >= 15 is 0 Å². The largest absolute Gasteiger partial charge is 0.368 e. The molecular weight excluding hydrogens is 344 g/mol. The number of ether oxygens (including phenoxy) is 1. The molecule has 1 aromatic carbocycles. The van der Waals surface area contributed by atoms with Gasteiger partial charge in [-0.15, -0.1) is 0 Å². The van der Waals surface area contributed by atoms with Crippen LogP contribution in [-0.4, -0.2) is 58.8 Å². The Morgan fingerprint density at radius 3 is 2.81 bits per heavy atom. The monoisotopic (exact) mass is 368 g/mol. The summed E-state index contributed by atoms with van der Waals surface area (Å²) in [6, 6.07) is 9.65. The van der Waals surface area contributed by atoms with Crippen molar-refractivity contribution in [3.05, 3.63) is 48.3 Å². The van der Waals surface area contributed by atoms with Crippen LogP contribution in [-0.2, 0) is 16.1 Å². The minimum absolute atomic E-state index is 0.00464. The van der Waals surface area contributed by atoms with E-state index in [0.29, 0.717) is 25.2 Å². The molecule has 1 aromatic heterocycles. The van der Waals surface area contributed by atoms with Gasteiger partial charge in [0.15, 0.2) is 0 Å². The summed E-state index contributed by atoms with van der Waals surface area (Å²) in [4.78, 5) is 29.0. The predicted octanol–water partition coefficient (Wildman–Crippen LogP) is 1.80. The predicted molar refractivity (Wildman–Crippen MR) is 100 cm³/mol. The van der Waals surface area contributed by atoms with E-state index in [9.17, 15) is 9.59 Å². The van der Waals surface area contributed by atoms with Crippen LogP contribution in [0.2, 0.25) is 0 Å². The van der Waals surface area contributed by atoms with Gasteiger partial charge in [0.1, 0.15) is 6.61 Å². The number of aromatic nitrogens is 2. The number of likely N-dealkylation sites (tertiary alicyclic amines) is 1. The number of carbonyl (C=O) groups is 2. The van der Waals surface area contributed by atoms with E-state index in [1.165, 1.54) is 0 Å². The zero-order chi connectivity index (χ0) is 18.8. The van der Waals surface area contributed by atoms with Crippen LogP contribution in [0.1, 0.15) is 23.7 Å². The van der Waals surface area contributed by atoms with Gasteiger partial charge < -0.3 is 14.5 Å². The summed E-state index contributed by atoms with van der Waals surface area (Å²) in [5.41, 5.74) is 1.49. The lowest BCUT2D eigenvalue weighted by atomic mass is 9.93. The van der Waals surface area contributed by atoms with Crippen molar-refractivity contribution < 1.29 is 14.3 Å². The normalized spacial score (nSPS) is 23.1. The minimum Gasteiger partial charge on any atom is -0.368 e. The number of piperidine rings is 1. The number of aryl methyl sites for hydroxylation is 1. The maximum Gasteiger partial charge on any atom is 0.257 e. The molecule has 3 heterocycles. The number of nitrogens with zero attached hydrogens (tertiary/aromatic N) is 4. The van der Waals surface area contributed by atoms with Gasteiger partial charge in [-0.25, -0.2) is 0 Å². The fourth-order valence-electron chi connectivity index (χ4n) is 3.87. The second-order valence-electron chi connectivity index (χ2n) is 7.07. The molecule has 4 rings (SSSR count). The lowest BCUT2D eigenvalue weighted by molar-refractivity contribution is -0.124. The number of para-hydroxylation sites is 1. The maximum absolute atomic E-state index is 12.9. The van der Waals surface area contributed by atoms with Crippen LogP contribution in [0, 0.1) is 5.92 Å². The number of benzene rings is 1. The molecule has 27 heavy (non-hydrogen) atoms. The topological polar surface area (TPSA) is 67.7 Å². The number of anilines is 1. The summed E-state index contributed by atoms with van der Waals surface area (Å²) in [5, 5.41) is 4.20. The Labute approximate surface area is 158 Å². The van der Waals surface area contributed by atoms with E-state index in [1.54, 1.807) is 22.0 Å². The van der Waals surface area contributed by atoms with Crippen LogP contribution in [0.5, 0.6) is 0 Å². The smallest absolute Gasteiger partial charge is 0.257 e. The summed E-state index contributed by atoms with van der Waals surface area (Å²) in [6.07, 6.45) is 4.16. The highest BCUT2D eigenvalue weighted by Gasteiger charge is 2.37. The van der Waals surface area contributed by atoms with Gasteiger partial charge in [-0.3, -0.25) is 14.3 Å². The second kappa shape index (κ2) is 7.52. The fourth-order valence-corrected chi connectivity index (χ4v) is 3.87. The number of fused-ring (bicyclic) bond motifs is 1. The Kier molecular flexibility index (Phi) is 4.94. The van der Waals surface area contributed by atoms with Crippen LogP contribution in [0.15, 0.2) is 42.7 Å². The molecular formula is C20H24N4O3. The highest BCUT2D eigenvalue weighted by Crippen LogP contribution is 2.27. The number of amides is 2. The van der Waals surface area contributed by atoms with Crippen molar-refractivity contribution in [3.8, 4) is 0 Å². The average Bonchev–Trinajstić information content (AvgIpc) is 3.13. The van der Waals surface area contributed by atoms with Crippen molar-refractivity contribution in [2.75, 3.05) is 31.1 Å². The van der Waals surface area contributed by atoms with Gasteiger partial charge in [-0.1, -0.05) is 18.2 Å². The molecule has 0 radical (unpaired) electrons. The van der Waals surface area contributed by atoms with Crippen LogP contribution in [0.25, 0.3) is 0 Å². The van der Waals surface area contributed by atoms with E-state index < -0.39 is 0 Å². The highest BCUT2D eigenvalue weighted by atomic mass is 16.5. The van der Waals surface area contributed by atoms with E-state index in [2.05, 4.69) is 5.10 Å². The van der Waals surface area contributed by atoms with Crippen molar-refractivity contribution >= 4 is 17.5 Å². The van der Waals surface area contributed by atoms with Gasteiger partial charge >= 0.3 is 0 Å². The molecule has 0 spiro atoms. The van der Waals surface area contributed by atoms with E-state index in [4.69, 9.17) is 4.74 Å². The maximum atomic E-state index is 12.9. The highest BCUT2D eigenvalue weighted by molar-refractivity contribution is 5.95. The lowest BCUT2D eigenvalue weighted by Crippen LogP contribution is -2.49. The molecule has 2 aliphatic rings. The second-order valence-corrected chi connectivity index (χ2v) is 7.07. The Balaban J connectivity index is 1.51. The summed E-state index contributed by atoms with van der Waals surface area (Å²) < 4.78 is 7.64. The average molecular weight is 368 g/mol. The summed E-state index contributed by atoms with van der Waals surface area (Å²) in [6.45, 7) is 4.60. The number of hydrogen-bond donors (Lipinski definition) is 0. The Morgan fingerprint density at radius 2 is 2.07 bits per heavy atom. The molecule has 0 unspecified atom stereocenters. The molecule has 2 amide bonds. The van der Waals surface area contributed by atoms with Gasteiger partial charge in [0.25, 0.3) is 11.8 Å². The molecule has 0 aliphatic carbocycles. The Morgan fingerprint density at radius 1 is 1.26 bits per heavy atom. The van der Waals surface area contributed by atoms with Gasteiger partial charge in [-0.05, 0) is 25.5 Å². The number of carbonyl (C=O) groups excluding carboxylic acids is 2. The van der Waals surface area contributed by atoms with Crippen molar-refractivity contribution in [1.82, 2.24) is 14.7 Å². The third-order valence-electron chi connectivity index (χ3n) is 5.36. The molecule has 0 saturated carbocycles. The van der Waals surface area contributed by atoms with Gasteiger partial charge in [0.2, 0.25) is 0 Å². The fraction of sp³-hybridized carbons (Fsp3) is 0.450. The first-order chi connectivity index (χ1) is 13.2. The molecule has 2 atom stereocenters. The Hall–Kier alpha value is -2.67. The van der Waals surface area contributed by atoms with Crippen molar-refractivity contribution in [1.29, 1.82) is 0 Å². The van der Waals surface area contributed by atoms with Crippen LogP contribution < -0.4 is 4.90 Å². The SMILES string of the molecule is CCn1cc(C(=O)N2CC[C@@H]3OCC(=O)N(c4ccccc4)C[C@H]3C2)cn1. The quantitative estimate of drug-likeness (QED) is 0.829. The molecule has 2 saturated heterocycles. The molecule has 2 aliphatic heterocycles. The first kappa shape index (κ1) is 17.7. The zero-order valence-corrected chi connectivity index (χ0v) is 15.5. The first-order valence-electron chi connectivity index (χ1n) is 9.44. The zero-order valence-electron chi connectivity index (χ0n) is 15.5. The third-order valence-corrected chi connectivity index (χ3v) is 5.36. The van der Waals surface area contributed by atoms with E-state index in [1.807, 2.05) is 42.2 Å². The summed E-state index contributed by atoms with van der Waals surface area (Å²) in [7, 11) is 0. The summed E-state index contributed by atoms with van der Waals surface area (Å²) in [5.74, 6) is 0.0586. The molecule has 2 aromatic rings. The molecule has 2 fully saturated rings. The third kappa shape index (κ3) is 3.60. The van der Waals surface area contributed by atoms with Gasteiger partial charge in [0.05, 0.1) is 17.9 Å². The molecule has 0 bridgehead atoms. The van der Waals surface area contributed by atoms with Crippen molar-refractivity contribution in [2.45, 2.75) is 26.0 Å². The molecule has 7 heteroatoms. The van der Waals surface area contributed by atoms with Crippen molar-refractivity contribution in [3.63, 3.8) is 0 Å². The van der Waals surface area contributed by atoms with Crippen LogP contribution >= 0.6 is 0 Å². The van der Waals surface area contributed by atoms with Gasteiger partial charge in [-0.2, -0.15) is 5.10 Å². The van der Waals surface area contributed by atoms with Gasteiger partial charge in [0, 0.05) is 44.0 Å².